The zero-order chi connectivity index (χ0) is 13.7. The molecule has 0 radical (unpaired) electrons. The van der Waals surface area contributed by atoms with E-state index in [1.54, 1.807) is 0 Å². The van der Waals surface area contributed by atoms with Crippen LogP contribution in [0.2, 0.25) is 0 Å². The van der Waals surface area contributed by atoms with Gasteiger partial charge in [-0.15, -0.1) is 11.8 Å². The van der Waals surface area contributed by atoms with Crippen molar-refractivity contribution in [3.63, 3.8) is 0 Å². The quantitative estimate of drug-likeness (QED) is 0.177. The number of aliphatic hydroxyl groups is 4. The number of carbonyl (C=O) groups excluding carboxylic acids is 1. The van der Waals surface area contributed by atoms with Gasteiger partial charge in [0, 0.05) is 12.2 Å². The molecule has 0 aromatic heterocycles. The van der Waals surface area contributed by atoms with E-state index in [1.807, 2.05) is 5.43 Å². The van der Waals surface area contributed by atoms with Gasteiger partial charge in [0.15, 0.2) is 0 Å². The van der Waals surface area contributed by atoms with Crippen LogP contribution in [-0.2, 0) is 9.53 Å². The molecule has 0 aromatic carbocycles. The fourth-order valence-corrected chi connectivity index (χ4v) is 2.66. The van der Waals surface area contributed by atoms with Crippen LogP contribution in [0.25, 0.3) is 0 Å². The Labute approximate surface area is 108 Å². The Morgan fingerprint density at radius 1 is 1.28 bits per heavy atom. The Morgan fingerprint density at radius 3 is 2.50 bits per heavy atom. The van der Waals surface area contributed by atoms with Crippen LogP contribution in [0.5, 0.6) is 0 Å². The minimum Gasteiger partial charge on any atom is -0.394 e. The van der Waals surface area contributed by atoms with Gasteiger partial charge >= 0.3 is 0 Å². The zero-order valence-corrected chi connectivity index (χ0v) is 10.4. The SMILES string of the molecule is NNC(=O)CCSC1OC(CO)C(O)C(O)C1O. The summed E-state index contributed by atoms with van der Waals surface area (Å²) < 4.78 is 5.24. The van der Waals surface area contributed by atoms with E-state index >= 15 is 0 Å². The molecule has 9 heteroatoms. The number of hydrogen-bond donors (Lipinski definition) is 6. The second-order valence-electron chi connectivity index (χ2n) is 3.89. The van der Waals surface area contributed by atoms with Gasteiger partial charge in [0.05, 0.1) is 6.61 Å². The van der Waals surface area contributed by atoms with Crippen molar-refractivity contribution in [1.82, 2.24) is 5.43 Å². The van der Waals surface area contributed by atoms with Gasteiger partial charge in [0.2, 0.25) is 5.91 Å². The fourth-order valence-electron chi connectivity index (χ4n) is 1.55. The Balaban J connectivity index is 2.46. The van der Waals surface area contributed by atoms with Crippen molar-refractivity contribution in [3.05, 3.63) is 0 Å². The van der Waals surface area contributed by atoms with E-state index in [1.165, 1.54) is 0 Å². The third-order valence-corrected chi connectivity index (χ3v) is 3.78. The van der Waals surface area contributed by atoms with Crippen molar-refractivity contribution in [1.29, 1.82) is 0 Å². The first kappa shape index (κ1) is 15.6. The summed E-state index contributed by atoms with van der Waals surface area (Å²) in [4.78, 5) is 10.9. The second kappa shape index (κ2) is 7.24. The fraction of sp³-hybridized carbons (Fsp3) is 0.889. The van der Waals surface area contributed by atoms with Crippen molar-refractivity contribution in [3.8, 4) is 0 Å². The van der Waals surface area contributed by atoms with Crippen molar-refractivity contribution in [2.45, 2.75) is 36.3 Å². The van der Waals surface area contributed by atoms with Gasteiger partial charge in [-0.3, -0.25) is 10.2 Å². The largest absolute Gasteiger partial charge is 0.394 e. The van der Waals surface area contributed by atoms with Gasteiger partial charge in [-0.2, -0.15) is 0 Å². The molecule has 1 fully saturated rings. The molecule has 1 aliphatic heterocycles. The second-order valence-corrected chi connectivity index (χ2v) is 5.09. The maximum atomic E-state index is 10.9. The lowest BCUT2D eigenvalue weighted by Gasteiger charge is -2.39. The first-order chi connectivity index (χ1) is 8.51. The highest BCUT2D eigenvalue weighted by Gasteiger charge is 2.43. The number of hydrazine groups is 1. The van der Waals surface area contributed by atoms with Gasteiger partial charge < -0.3 is 25.2 Å². The highest BCUT2D eigenvalue weighted by molar-refractivity contribution is 7.99. The Morgan fingerprint density at radius 2 is 1.94 bits per heavy atom. The molecule has 7 N–H and O–H groups in total. The molecule has 1 amide bonds. The number of ether oxygens (including phenoxy) is 1. The number of thioether (sulfide) groups is 1. The van der Waals surface area contributed by atoms with Gasteiger partial charge in [-0.05, 0) is 0 Å². The average Bonchev–Trinajstić information content (AvgIpc) is 2.38. The maximum Gasteiger partial charge on any atom is 0.234 e. The predicted octanol–water partition coefficient (Wildman–Crippen LogP) is -3.10. The van der Waals surface area contributed by atoms with E-state index in [0.717, 1.165) is 11.8 Å². The van der Waals surface area contributed by atoms with E-state index in [0.29, 0.717) is 5.75 Å². The summed E-state index contributed by atoms with van der Waals surface area (Å²) in [7, 11) is 0. The average molecular weight is 282 g/mol. The van der Waals surface area contributed by atoms with Crippen molar-refractivity contribution in [2.75, 3.05) is 12.4 Å². The summed E-state index contributed by atoms with van der Waals surface area (Å²) in [5, 5.41) is 37.7. The zero-order valence-electron chi connectivity index (χ0n) is 9.60. The Bertz CT molecular complexity index is 280. The third kappa shape index (κ3) is 3.79. The smallest absolute Gasteiger partial charge is 0.234 e. The summed E-state index contributed by atoms with van der Waals surface area (Å²) >= 11 is 1.10. The Kier molecular flexibility index (Phi) is 6.29. The third-order valence-electron chi connectivity index (χ3n) is 2.62. The van der Waals surface area contributed by atoms with Crippen LogP contribution in [0.15, 0.2) is 0 Å². The maximum absolute atomic E-state index is 10.9. The predicted molar refractivity (Wildman–Crippen MR) is 63.2 cm³/mol. The molecule has 0 saturated carbocycles. The summed E-state index contributed by atoms with van der Waals surface area (Å²) in [6.45, 7) is -0.467. The van der Waals surface area contributed by atoms with E-state index in [2.05, 4.69) is 0 Å². The Hall–Kier alpha value is -0.420. The molecule has 0 aliphatic carbocycles. The van der Waals surface area contributed by atoms with Crippen molar-refractivity contribution >= 4 is 17.7 Å². The number of amides is 1. The molecule has 1 heterocycles. The monoisotopic (exact) mass is 282 g/mol. The molecule has 1 saturated heterocycles. The topological polar surface area (TPSA) is 145 Å². The number of hydrogen-bond acceptors (Lipinski definition) is 8. The summed E-state index contributed by atoms with van der Waals surface area (Å²) in [5.74, 6) is 4.88. The molecular formula is C9H18N2O6S. The number of carbonyl (C=O) groups is 1. The van der Waals surface area contributed by atoms with E-state index < -0.39 is 36.5 Å². The molecule has 8 nitrogen and oxygen atoms in total. The molecule has 18 heavy (non-hydrogen) atoms. The molecule has 1 rings (SSSR count). The standard InChI is InChI=1S/C9H18N2O6S/c10-11-5(13)1-2-18-9-8(16)7(15)6(14)4(3-12)17-9/h4,6-9,12,14-16H,1-3,10H2,(H,11,13). The summed E-state index contributed by atoms with van der Waals surface area (Å²) in [6.07, 6.45) is -4.83. The molecule has 5 atom stereocenters. The van der Waals surface area contributed by atoms with Crippen LogP contribution in [0.1, 0.15) is 6.42 Å². The first-order valence-electron chi connectivity index (χ1n) is 5.42. The lowest BCUT2D eigenvalue weighted by molar-refractivity contribution is -0.205. The minimum atomic E-state index is -1.39. The highest BCUT2D eigenvalue weighted by Crippen LogP contribution is 2.28. The van der Waals surface area contributed by atoms with Gasteiger partial charge in [0.1, 0.15) is 29.9 Å². The molecule has 0 aromatic rings. The van der Waals surface area contributed by atoms with Crippen molar-refractivity contribution in [2.24, 2.45) is 5.84 Å². The normalized spacial score (nSPS) is 36.4. The molecule has 0 bridgehead atoms. The van der Waals surface area contributed by atoms with Crippen molar-refractivity contribution < 1.29 is 30.0 Å². The highest BCUT2D eigenvalue weighted by atomic mass is 32.2. The molecule has 5 unspecified atom stereocenters. The number of nitrogens with one attached hydrogen (secondary N) is 1. The van der Waals surface area contributed by atoms with Gasteiger partial charge in [-0.25, -0.2) is 5.84 Å². The molecule has 1 aliphatic rings. The van der Waals surface area contributed by atoms with E-state index in [4.69, 9.17) is 15.7 Å². The number of rotatable bonds is 5. The number of aliphatic hydroxyl groups excluding tert-OH is 4. The van der Waals surface area contributed by atoms with Crippen LogP contribution in [-0.4, -0.2) is 68.5 Å². The van der Waals surface area contributed by atoms with Crippen LogP contribution in [0, 0.1) is 0 Å². The van der Waals surface area contributed by atoms with Crippen LogP contribution in [0.3, 0.4) is 0 Å². The molecule has 0 spiro atoms. The van der Waals surface area contributed by atoms with Crippen LogP contribution < -0.4 is 11.3 Å². The van der Waals surface area contributed by atoms with Crippen LogP contribution >= 0.6 is 11.8 Å². The van der Waals surface area contributed by atoms with Crippen LogP contribution in [0.4, 0.5) is 0 Å². The lowest BCUT2D eigenvalue weighted by Crippen LogP contribution is -2.57. The summed E-state index contributed by atoms with van der Waals surface area (Å²) in [6, 6.07) is 0. The van der Waals surface area contributed by atoms with Gasteiger partial charge in [-0.1, -0.05) is 0 Å². The van der Waals surface area contributed by atoms with E-state index in [9.17, 15) is 20.1 Å². The number of nitrogens with two attached hydrogens (primary N) is 1. The molecule has 106 valence electrons. The first-order valence-corrected chi connectivity index (χ1v) is 6.47. The minimum absolute atomic E-state index is 0.135. The van der Waals surface area contributed by atoms with E-state index in [-0.39, 0.29) is 12.3 Å². The molecular weight excluding hydrogens is 264 g/mol. The summed E-state index contributed by atoms with van der Waals surface area (Å²) in [5.41, 5.74) is 1.15. The van der Waals surface area contributed by atoms with Gasteiger partial charge in [0.25, 0.3) is 0 Å². The lowest BCUT2D eigenvalue weighted by atomic mass is 10.0.